The van der Waals surface area contributed by atoms with Gasteiger partial charge in [-0.15, -0.1) is 0 Å². The van der Waals surface area contributed by atoms with Gasteiger partial charge in [0.2, 0.25) is 0 Å². The lowest BCUT2D eigenvalue weighted by Crippen LogP contribution is -1.99. The smallest absolute Gasteiger partial charge is 0.159 e. The van der Waals surface area contributed by atoms with Gasteiger partial charge in [-0.05, 0) is 24.6 Å². The van der Waals surface area contributed by atoms with E-state index in [4.69, 9.17) is 17.3 Å². The minimum absolute atomic E-state index is 0.461. The largest absolute Gasteiger partial charge is 0.382 e. The van der Waals surface area contributed by atoms with Crippen molar-refractivity contribution in [1.29, 1.82) is 0 Å². The number of aromatic nitrogens is 4. The molecule has 3 aromatic rings. The van der Waals surface area contributed by atoms with E-state index in [-0.39, 0.29) is 0 Å². The van der Waals surface area contributed by atoms with Crippen LogP contribution in [-0.2, 0) is 6.54 Å². The van der Waals surface area contributed by atoms with Crippen LogP contribution in [0.3, 0.4) is 0 Å². The first-order chi connectivity index (χ1) is 9.19. The van der Waals surface area contributed by atoms with Gasteiger partial charge in [0.25, 0.3) is 0 Å². The molecule has 3 rings (SSSR count). The summed E-state index contributed by atoms with van der Waals surface area (Å²) in [5.74, 6) is 1.30. The standard InChI is InChI=1S/C13H14ClN5/c1-2-5-19-11-6-8(14)3-4-9(11)16-13(19)10-7-12(15)18-17-10/h3-4,6-7H,2,5H2,1H3,(H3,15,17,18). The van der Waals surface area contributed by atoms with Gasteiger partial charge in [-0.25, -0.2) is 4.98 Å². The lowest BCUT2D eigenvalue weighted by molar-refractivity contribution is 0.702. The van der Waals surface area contributed by atoms with E-state index in [0.717, 1.165) is 35.5 Å². The summed E-state index contributed by atoms with van der Waals surface area (Å²) < 4.78 is 2.13. The number of aromatic amines is 1. The molecule has 0 saturated carbocycles. The Morgan fingerprint density at radius 1 is 1.37 bits per heavy atom. The molecule has 0 saturated heterocycles. The Labute approximate surface area is 115 Å². The number of fused-ring (bicyclic) bond motifs is 1. The van der Waals surface area contributed by atoms with Crippen LogP contribution in [0.25, 0.3) is 22.6 Å². The van der Waals surface area contributed by atoms with E-state index in [1.807, 2.05) is 18.2 Å². The van der Waals surface area contributed by atoms with Crippen molar-refractivity contribution >= 4 is 28.5 Å². The van der Waals surface area contributed by atoms with Crippen molar-refractivity contribution in [3.05, 3.63) is 29.3 Å². The Morgan fingerprint density at radius 3 is 2.89 bits per heavy atom. The third kappa shape index (κ3) is 2.06. The van der Waals surface area contributed by atoms with Gasteiger partial charge >= 0.3 is 0 Å². The van der Waals surface area contributed by atoms with Gasteiger partial charge in [0.1, 0.15) is 11.5 Å². The molecule has 19 heavy (non-hydrogen) atoms. The maximum absolute atomic E-state index is 6.07. The zero-order valence-electron chi connectivity index (χ0n) is 10.5. The lowest BCUT2D eigenvalue weighted by atomic mass is 10.3. The monoisotopic (exact) mass is 275 g/mol. The summed E-state index contributed by atoms with van der Waals surface area (Å²) in [6.45, 7) is 2.99. The molecule has 0 aliphatic rings. The summed E-state index contributed by atoms with van der Waals surface area (Å²) in [7, 11) is 0. The van der Waals surface area contributed by atoms with Gasteiger partial charge in [0.15, 0.2) is 5.82 Å². The second-order valence-electron chi connectivity index (χ2n) is 4.43. The van der Waals surface area contributed by atoms with E-state index >= 15 is 0 Å². The predicted molar refractivity (Wildman–Crippen MR) is 77.0 cm³/mol. The number of nitrogens with one attached hydrogen (secondary N) is 1. The van der Waals surface area contributed by atoms with Gasteiger partial charge in [0.05, 0.1) is 11.0 Å². The van der Waals surface area contributed by atoms with E-state index in [2.05, 4.69) is 26.7 Å². The van der Waals surface area contributed by atoms with Crippen LogP contribution in [0.4, 0.5) is 5.82 Å². The van der Waals surface area contributed by atoms with Gasteiger partial charge in [-0.2, -0.15) is 5.10 Å². The molecule has 98 valence electrons. The summed E-state index contributed by atoms with van der Waals surface area (Å²) in [5, 5.41) is 7.57. The van der Waals surface area contributed by atoms with E-state index in [0.29, 0.717) is 10.8 Å². The highest BCUT2D eigenvalue weighted by Crippen LogP contribution is 2.26. The molecule has 0 radical (unpaired) electrons. The number of halogens is 1. The van der Waals surface area contributed by atoms with Gasteiger partial charge < -0.3 is 10.3 Å². The SMILES string of the molecule is CCCn1c(-c2cc(N)n[nH]2)nc2ccc(Cl)cc21. The third-order valence-corrected chi connectivity index (χ3v) is 3.23. The van der Waals surface area contributed by atoms with Gasteiger partial charge in [-0.1, -0.05) is 18.5 Å². The molecule has 0 atom stereocenters. The highest BCUT2D eigenvalue weighted by atomic mass is 35.5. The molecule has 0 unspecified atom stereocenters. The molecular formula is C13H14ClN5. The van der Waals surface area contributed by atoms with Crippen molar-refractivity contribution in [3.8, 4) is 11.5 Å². The molecule has 2 heterocycles. The number of H-pyrrole nitrogens is 1. The summed E-state index contributed by atoms with van der Waals surface area (Å²) in [5.41, 5.74) is 8.42. The molecule has 0 aliphatic carbocycles. The molecule has 5 nitrogen and oxygen atoms in total. The van der Waals surface area contributed by atoms with Crippen LogP contribution in [0, 0.1) is 0 Å². The fourth-order valence-corrected chi connectivity index (χ4v) is 2.37. The van der Waals surface area contributed by atoms with Gasteiger partial charge in [0, 0.05) is 17.6 Å². The minimum atomic E-state index is 0.461. The molecule has 0 aliphatic heterocycles. The topological polar surface area (TPSA) is 72.5 Å². The number of anilines is 1. The number of hydrogen-bond donors (Lipinski definition) is 2. The Bertz CT molecular complexity index is 728. The minimum Gasteiger partial charge on any atom is -0.382 e. The van der Waals surface area contributed by atoms with Crippen LogP contribution in [-0.4, -0.2) is 19.7 Å². The molecule has 1 aromatic carbocycles. The van der Waals surface area contributed by atoms with E-state index < -0.39 is 0 Å². The van der Waals surface area contributed by atoms with Crippen molar-refractivity contribution in [1.82, 2.24) is 19.7 Å². The van der Waals surface area contributed by atoms with Crippen molar-refractivity contribution < 1.29 is 0 Å². The summed E-state index contributed by atoms with van der Waals surface area (Å²) in [6.07, 6.45) is 1.01. The van der Waals surface area contributed by atoms with E-state index in [9.17, 15) is 0 Å². The number of nitrogens with two attached hydrogens (primary N) is 1. The van der Waals surface area contributed by atoms with E-state index in [1.165, 1.54) is 0 Å². The van der Waals surface area contributed by atoms with Crippen LogP contribution in [0.1, 0.15) is 13.3 Å². The summed E-state index contributed by atoms with van der Waals surface area (Å²) >= 11 is 6.07. The Morgan fingerprint density at radius 2 is 2.21 bits per heavy atom. The maximum atomic E-state index is 6.07. The number of nitrogen functional groups attached to an aromatic ring is 1. The highest BCUT2D eigenvalue weighted by Gasteiger charge is 2.14. The number of imidazole rings is 1. The molecule has 2 aromatic heterocycles. The normalized spacial score (nSPS) is 11.3. The number of rotatable bonds is 3. The lowest BCUT2D eigenvalue weighted by Gasteiger charge is -2.05. The van der Waals surface area contributed by atoms with Crippen molar-refractivity contribution in [3.63, 3.8) is 0 Å². The van der Waals surface area contributed by atoms with Crippen LogP contribution < -0.4 is 5.73 Å². The highest BCUT2D eigenvalue weighted by molar-refractivity contribution is 6.31. The van der Waals surface area contributed by atoms with Crippen LogP contribution >= 0.6 is 11.6 Å². The Hall–Kier alpha value is -2.01. The molecule has 0 spiro atoms. The van der Waals surface area contributed by atoms with Crippen LogP contribution in [0.5, 0.6) is 0 Å². The van der Waals surface area contributed by atoms with Crippen molar-refractivity contribution in [2.75, 3.05) is 5.73 Å². The number of hydrogen-bond acceptors (Lipinski definition) is 3. The fraction of sp³-hybridized carbons (Fsp3) is 0.231. The zero-order valence-corrected chi connectivity index (χ0v) is 11.3. The maximum Gasteiger partial charge on any atom is 0.159 e. The zero-order chi connectivity index (χ0) is 13.4. The molecule has 6 heteroatoms. The van der Waals surface area contributed by atoms with Gasteiger partial charge in [-0.3, -0.25) is 5.10 Å². The molecule has 0 bridgehead atoms. The quantitative estimate of drug-likeness (QED) is 0.771. The van der Waals surface area contributed by atoms with Crippen molar-refractivity contribution in [2.24, 2.45) is 0 Å². The molecule has 0 amide bonds. The van der Waals surface area contributed by atoms with Crippen LogP contribution in [0.15, 0.2) is 24.3 Å². The first-order valence-electron chi connectivity index (χ1n) is 6.16. The van der Waals surface area contributed by atoms with Crippen molar-refractivity contribution in [2.45, 2.75) is 19.9 Å². The Kier molecular flexibility index (Phi) is 2.91. The third-order valence-electron chi connectivity index (χ3n) is 3.00. The number of benzene rings is 1. The first kappa shape index (κ1) is 12.0. The molecular weight excluding hydrogens is 262 g/mol. The first-order valence-corrected chi connectivity index (χ1v) is 6.54. The number of aryl methyl sites for hydroxylation is 1. The molecule has 0 fully saturated rings. The van der Waals surface area contributed by atoms with Crippen LogP contribution in [0.2, 0.25) is 5.02 Å². The molecule has 3 N–H and O–H groups in total. The summed E-state index contributed by atoms with van der Waals surface area (Å²) in [4.78, 5) is 4.63. The summed E-state index contributed by atoms with van der Waals surface area (Å²) in [6, 6.07) is 7.49. The number of nitrogens with zero attached hydrogens (tertiary/aromatic N) is 3. The van der Waals surface area contributed by atoms with E-state index in [1.54, 1.807) is 6.07 Å². The predicted octanol–water partition coefficient (Wildman–Crippen LogP) is 3.07. The second-order valence-corrected chi connectivity index (χ2v) is 4.86. The average molecular weight is 276 g/mol. The Balaban J connectivity index is 2.25. The second kappa shape index (κ2) is 4.59. The average Bonchev–Trinajstić information content (AvgIpc) is 2.95. The fourth-order valence-electron chi connectivity index (χ4n) is 2.20.